The molecule has 104 valence electrons. The average molecular weight is 270 g/mol. The van der Waals surface area contributed by atoms with Crippen molar-refractivity contribution in [3.63, 3.8) is 0 Å². The highest BCUT2D eigenvalue weighted by atomic mass is 19.1. The zero-order valence-electron chi connectivity index (χ0n) is 11.6. The van der Waals surface area contributed by atoms with Crippen LogP contribution in [0.25, 0.3) is 0 Å². The number of aliphatic hydroxyl groups excluding tert-OH is 1. The molecule has 1 nitrogen and oxygen atoms in total. The summed E-state index contributed by atoms with van der Waals surface area (Å²) in [6.45, 7) is 1.86. The van der Waals surface area contributed by atoms with E-state index in [-0.39, 0.29) is 11.7 Å². The van der Waals surface area contributed by atoms with Crippen LogP contribution in [-0.2, 0) is 6.42 Å². The lowest BCUT2D eigenvalue weighted by molar-refractivity contribution is 0.135. The van der Waals surface area contributed by atoms with Crippen LogP contribution in [0, 0.1) is 12.7 Å². The molecule has 0 aliphatic heterocycles. The highest BCUT2D eigenvalue weighted by Crippen LogP contribution is 2.40. The van der Waals surface area contributed by atoms with Crippen LogP contribution in [0.15, 0.2) is 42.5 Å². The number of halogens is 1. The molecular formula is C18H19FO. The van der Waals surface area contributed by atoms with Crippen LogP contribution >= 0.6 is 0 Å². The zero-order chi connectivity index (χ0) is 14.1. The van der Waals surface area contributed by atoms with Crippen LogP contribution in [0.3, 0.4) is 0 Å². The van der Waals surface area contributed by atoms with Crippen LogP contribution in [-0.4, -0.2) is 5.11 Å². The van der Waals surface area contributed by atoms with Gasteiger partial charge in [-0.25, -0.2) is 4.39 Å². The predicted octanol–water partition coefficient (Wildman–Crippen LogP) is 4.29. The molecule has 2 aromatic carbocycles. The maximum absolute atomic E-state index is 13.2. The first-order valence-electron chi connectivity index (χ1n) is 7.19. The molecule has 0 spiro atoms. The normalized spacial score (nSPS) is 19.4. The molecule has 0 aromatic heterocycles. The van der Waals surface area contributed by atoms with Gasteiger partial charge in [-0.05, 0) is 60.6 Å². The molecule has 3 rings (SSSR count). The Balaban J connectivity index is 1.97. The number of aliphatic hydroxyl groups is 1. The maximum Gasteiger partial charge on any atom is 0.123 e. The van der Waals surface area contributed by atoms with E-state index < -0.39 is 6.10 Å². The highest BCUT2D eigenvalue weighted by molar-refractivity contribution is 5.37. The highest BCUT2D eigenvalue weighted by Gasteiger charge is 2.28. The summed E-state index contributed by atoms with van der Waals surface area (Å²) in [5.74, 6) is -0.133. The lowest BCUT2D eigenvalue weighted by Gasteiger charge is -2.30. The molecule has 0 bridgehead atoms. The molecule has 2 aromatic rings. The van der Waals surface area contributed by atoms with Gasteiger partial charge in [-0.3, -0.25) is 0 Å². The summed E-state index contributed by atoms with van der Waals surface area (Å²) < 4.78 is 13.2. The van der Waals surface area contributed by atoms with E-state index in [1.165, 1.54) is 23.3 Å². The Hall–Kier alpha value is -1.67. The summed E-state index contributed by atoms with van der Waals surface area (Å²) in [6.07, 6.45) is 2.60. The monoisotopic (exact) mass is 270 g/mol. The molecule has 0 fully saturated rings. The first kappa shape index (κ1) is 13.3. The van der Waals surface area contributed by atoms with Crippen LogP contribution in [0.1, 0.15) is 47.1 Å². The van der Waals surface area contributed by atoms with E-state index in [0.717, 1.165) is 30.4 Å². The Morgan fingerprint density at radius 2 is 2.00 bits per heavy atom. The summed E-state index contributed by atoms with van der Waals surface area (Å²) >= 11 is 0. The van der Waals surface area contributed by atoms with Crippen LogP contribution < -0.4 is 0 Å². The molecule has 0 heterocycles. The van der Waals surface area contributed by atoms with Crippen molar-refractivity contribution >= 4 is 0 Å². The Kier molecular flexibility index (Phi) is 3.58. The summed E-state index contributed by atoms with van der Waals surface area (Å²) in [5, 5.41) is 10.7. The third kappa shape index (κ3) is 2.36. The van der Waals surface area contributed by atoms with Crippen molar-refractivity contribution in [2.75, 3.05) is 0 Å². The van der Waals surface area contributed by atoms with Gasteiger partial charge < -0.3 is 5.11 Å². The summed E-state index contributed by atoms with van der Waals surface area (Å²) in [4.78, 5) is 0. The number of benzene rings is 2. The van der Waals surface area contributed by atoms with Gasteiger partial charge in [0, 0.05) is 5.92 Å². The molecule has 0 saturated carbocycles. The van der Waals surface area contributed by atoms with Crippen LogP contribution in [0.4, 0.5) is 4.39 Å². The second-order valence-electron chi connectivity index (χ2n) is 5.64. The fraction of sp³-hybridized carbons (Fsp3) is 0.333. The van der Waals surface area contributed by atoms with Gasteiger partial charge in [0.25, 0.3) is 0 Å². The van der Waals surface area contributed by atoms with E-state index in [0.29, 0.717) is 0 Å². The fourth-order valence-electron chi connectivity index (χ4n) is 3.31. The molecule has 1 aliphatic carbocycles. The molecule has 2 heteroatoms. The largest absolute Gasteiger partial charge is 0.388 e. The van der Waals surface area contributed by atoms with Gasteiger partial charge in [0.1, 0.15) is 5.82 Å². The van der Waals surface area contributed by atoms with Gasteiger partial charge in [-0.1, -0.05) is 30.3 Å². The molecule has 0 amide bonds. The number of hydrogen-bond donors (Lipinski definition) is 1. The minimum Gasteiger partial charge on any atom is -0.388 e. The van der Waals surface area contributed by atoms with Gasteiger partial charge >= 0.3 is 0 Å². The summed E-state index contributed by atoms with van der Waals surface area (Å²) in [5.41, 5.74) is 4.24. The van der Waals surface area contributed by atoms with Crippen molar-refractivity contribution < 1.29 is 9.50 Å². The zero-order valence-corrected chi connectivity index (χ0v) is 11.6. The van der Waals surface area contributed by atoms with Crippen LogP contribution in [0.5, 0.6) is 0 Å². The summed E-state index contributed by atoms with van der Waals surface area (Å²) in [6, 6.07) is 13.0. The lowest BCUT2D eigenvalue weighted by Crippen LogP contribution is -2.17. The van der Waals surface area contributed by atoms with Gasteiger partial charge in [0.2, 0.25) is 0 Å². The van der Waals surface area contributed by atoms with Gasteiger partial charge in [0.15, 0.2) is 0 Å². The number of aryl methyl sites for hydroxylation is 2. The van der Waals surface area contributed by atoms with E-state index in [1.54, 1.807) is 6.07 Å². The quantitative estimate of drug-likeness (QED) is 0.863. The second-order valence-corrected chi connectivity index (χ2v) is 5.64. The number of rotatable bonds is 2. The van der Waals surface area contributed by atoms with E-state index in [1.807, 2.05) is 13.0 Å². The molecular weight excluding hydrogens is 251 g/mol. The molecule has 0 saturated heterocycles. The van der Waals surface area contributed by atoms with Crippen LogP contribution in [0.2, 0.25) is 0 Å². The minimum absolute atomic E-state index is 0.115. The topological polar surface area (TPSA) is 20.2 Å². The van der Waals surface area contributed by atoms with Crippen molar-refractivity contribution in [1.29, 1.82) is 0 Å². The smallest absolute Gasteiger partial charge is 0.123 e. The number of fused-ring (bicyclic) bond motifs is 1. The predicted molar refractivity (Wildman–Crippen MR) is 78.2 cm³/mol. The summed E-state index contributed by atoms with van der Waals surface area (Å²) in [7, 11) is 0. The van der Waals surface area contributed by atoms with E-state index in [9.17, 15) is 9.50 Å². The fourth-order valence-corrected chi connectivity index (χ4v) is 3.31. The molecule has 2 unspecified atom stereocenters. The Labute approximate surface area is 119 Å². The molecule has 1 N–H and O–H groups in total. The van der Waals surface area contributed by atoms with E-state index in [4.69, 9.17) is 0 Å². The first-order valence-corrected chi connectivity index (χ1v) is 7.19. The standard InChI is InChI=1S/C18H19FO/c1-12-11-14(19)9-10-15(12)18(20)17-8-4-6-13-5-2-3-7-16(13)17/h2-3,5,7,9-11,17-18,20H,4,6,8H2,1H3. The van der Waals surface area contributed by atoms with Crippen molar-refractivity contribution in [1.82, 2.24) is 0 Å². The minimum atomic E-state index is -0.558. The number of hydrogen-bond acceptors (Lipinski definition) is 1. The van der Waals surface area contributed by atoms with Crippen molar-refractivity contribution in [2.45, 2.75) is 38.2 Å². The third-order valence-electron chi connectivity index (χ3n) is 4.35. The Morgan fingerprint density at radius 3 is 2.80 bits per heavy atom. The first-order chi connectivity index (χ1) is 9.66. The third-order valence-corrected chi connectivity index (χ3v) is 4.35. The van der Waals surface area contributed by atoms with E-state index in [2.05, 4.69) is 18.2 Å². The van der Waals surface area contributed by atoms with Crippen molar-refractivity contribution in [3.05, 3.63) is 70.5 Å². The van der Waals surface area contributed by atoms with Gasteiger partial charge in [-0.15, -0.1) is 0 Å². The maximum atomic E-state index is 13.2. The second kappa shape index (κ2) is 5.37. The Bertz CT molecular complexity index is 621. The van der Waals surface area contributed by atoms with Crippen molar-refractivity contribution in [3.8, 4) is 0 Å². The van der Waals surface area contributed by atoms with Crippen molar-refractivity contribution in [2.24, 2.45) is 0 Å². The SMILES string of the molecule is Cc1cc(F)ccc1C(O)C1CCCc2ccccc21. The van der Waals surface area contributed by atoms with E-state index >= 15 is 0 Å². The molecule has 1 aliphatic rings. The van der Waals surface area contributed by atoms with Gasteiger partial charge in [0.05, 0.1) is 6.10 Å². The lowest BCUT2D eigenvalue weighted by atomic mass is 9.77. The molecule has 2 atom stereocenters. The van der Waals surface area contributed by atoms with Gasteiger partial charge in [-0.2, -0.15) is 0 Å². The Morgan fingerprint density at radius 1 is 1.20 bits per heavy atom. The molecule has 20 heavy (non-hydrogen) atoms. The average Bonchev–Trinajstić information content (AvgIpc) is 2.46. The molecule has 0 radical (unpaired) electrons.